The maximum atomic E-state index is 11.8. The highest BCUT2D eigenvalue weighted by atomic mass is 35.5. The number of anilines is 2. The number of amides is 3. The van der Waals surface area contributed by atoms with Gasteiger partial charge in [0.2, 0.25) is 5.91 Å². The first-order valence-corrected chi connectivity index (χ1v) is 8.26. The maximum Gasteiger partial charge on any atom is 0.270 e. The van der Waals surface area contributed by atoms with Crippen molar-refractivity contribution in [1.82, 2.24) is 0 Å². The van der Waals surface area contributed by atoms with Gasteiger partial charge in [-0.3, -0.25) is 14.4 Å². The Hall–Kier alpha value is -3.59. The van der Waals surface area contributed by atoms with E-state index in [9.17, 15) is 14.4 Å². The van der Waals surface area contributed by atoms with Crippen LogP contribution in [0.1, 0.15) is 10.4 Å². The molecular formula is C18H17ClN4O5. The smallest absolute Gasteiger partial charge is 0.270 e. The van der Waals surface area contributed by atoms with Crippen molar-refractivity contribution in [3.63, 3.8) is 0 Å². The SMILES string of the molecule is COc1ccc(Cl)cc1NC(=O)/C=N\OCC(=O)Nc1ccc(C(N)=O)cc1. The second kappa shape index (κ2) is 9.93. The molecular weight excluding hydrogens is 388 g/mol. The second-order valence-corrected chi connectivity index (χ2v) is 5.77. The molecule has 0 unspecified atom stereocenters. The number of nitrogens with zero attached hydrogens (tertiary/aromatic N) is 1. The molecule has 2 aromatic rings. The fourth-order valence-corrected chi connectivity index (χ4v) is 2.21. The second-order valence-electron chi connectivity index (χ2n) is 5.33. The van der Waals surface area contributed by atoms with E-state index in [1.165, 1.54) is 37.4 Å². The van der Waals surface area contributed by atoms with Crippen molar-refractivity contribution in [2.75, 3.05) is 24.4 Å². The number of oxime groups is 1. The van der Waals surface area contributed by atoms with Crippen LogP contribution in [0.3, 0.4) is 0 Å². The zero-order valence-electron chi connectivity index (χ0n) is 14.8. The van der Waals surface area contributed by atoms with Crippen molar-refractivity contribution in [3.05, 3.63) is 53.1 Å². The van der Waals surface area contributed by atoms with Gasteiger partial charge in [-0.2, -0.15) is 0 Å². The minimum atomic E-state index is -0.594. The van der Waals surface area contributed by atoms with Crippen molar-refractivity contribution in [2.24, 2.45) is 10.9 Å². The van der Waals surface area contributed by atoms with E-state index in [2.05, 4.69) is 15.8 Å². The molecule has 0 fully saturated rings. The monoisotopic (exact) mass is 404 g/mol. The lowest BCUT2D eigenvalue weighted by molar-refractivity contribution is -0.120. The van der Waals surface area contributed by atoms with E-state index in [1.807, 2.05) is 0 Å². The number of rotatable bonds is 8. The molecule has 9 nitrogen and oxygen atoms in total. The van der Waals surface area contributed by atoms with Crippen molar-refractivity contribution in [1.29, 1.82) is 0 Å². The molecule has 0 heterocycles. The van der Waals surface area contributed by atoms with Crippen LogP contribution in [0.25, 0.3) is 0 Å². The summed E-state index contributed by atoms with van der Waals surface area (Å²) in [6, 6.07) is 10.7. The molecule has 0 spiro atoms. The number of ether oxygens (including phenoxy) is 1. The van der Waals surface area contributed by atoms with E-state index < -0.39 is 24.3 Å². The third kappa shape index (κ3) is 6.29. The summed E-state index contributed by atoms with van der Waals surface area (Å²) in [7, 11) is 1.45. The van der Waals surface area contributed by atoms with Crippen LogP contribution in [0.5, 0.6) is 5.75 Å². The molecule has 0 atom stereocenters. The van der Waals surface area contributed by atoms with Crippen LogP contribution in [-0.4, -0.2) is 37.7 Å². The number of carbonyl (C=O) groups excluding carboxylic acids is 3. The molecule has 2 rings (SSSR count). The first-order chi connectivity index (χ1) is 13.4. The molecule has 0 aromatic heterocycles. The Balaban J connectivity index is 1.79. The van der Waals surface area contributed by atoms with Gasteiger partial charge in [0.25, 0.3) is 11.8 Å². The molecule has 0 radical (unpaired) electrons. The fraction of sp³-hybridized carbons (Fsp3) is 0.111. The first-order valence-electron chi connectivity index (χ1n) is 7.88. The van der Waals surface area contributed by atoms with Gasteiger partial charge in [0.05, 0.1) is 12.8 Å². The van der Waals surface area contributed by atoms with Gasteiger partial charge in [-0.1, -0.05) is 16.8 Å². The molecule has 3 amide bonds. The molecule has 146 valence electrons. The number of methoxy groups -OCH3 is 1. The average molecular weight is 405 g/mol. The summed E-state index contributed by atoms with van der Waals surface area (Å²) < 4.78 is 5.11. The van der Waals surface area contributed by atoms with Crippen LogP contribution < -0.4 is 21.1 Å². The van der Waals surface area contributed by atoms with Gasteiger partial charge in [0.15, 0.2) is 6.61 Å². The van der Waals surface area contributed by atoms with Crippen LogP contribution >= 0.6 is 11.6 Å². The highest BCUT2D eigenvalue weighted by Crippen LogP contribution is 2.27. The topological polar surface area (TPSA) is 132 Å². The Morgan fingerprint density at radius 1 is 1.14 bits per heavy atom. The minimum Gasteiger partial charge on any atom is -0.495 e. The van der Waals surface area contributed by atoms with Crippen LogP contribution in [-0.2, 0) is 14.4 Å². The molecule has 28 heavy (non-hydrogen) atoms. The average Bonchev–Trinajstić information content (AvgIpc) is 2.66. The number of nitrogens with two attached hydrogens (primary N) is 1. The number of nitrogens with one attached hydrogen (secondary N) is 2. The fourth-order valence-electron chi connectivity index (χ4n) is 2.04. The van der Waals surface area contributed by atoms with Crippen molar-refractivity contribution < 1.29 is 24.0 Å². The quantitative estimate of drug-likeness (QED) is 0.457. The van der Waals surface area contributed by atoms with Gasteiger partial charge in [-0.05, 0) is 42.5 Å². The summed E-state index contributed by atoms with van der Waals surface area (Å²) >= 11 is 5.88. The lowest BCUT2D eigenvalue weighted by atomic mass is 10.2. The van der Waals surface area contributed by atoms with Crippen molar-refractivity contribution >= 4 is 46.9 Å². The van der Waals surface area contributed by atoms with Crippen LogP contribution in [0, 0.1) is 0 Å². The standard InChI is InChI=1S/C18H17ClN4O5/c1-27-15-7-4-12(19)8-14(15)23-16(24)9-21-28-10-17(25)22-13-5-2-11(3-6-13)18(20)26/h2-9H,10H2,1H3,(H2,20,26)(H,22,25)(H,23,24)/b21-9-. The summed E-state index contributed by atoms with van der Waals surface area (Å²) in [5.41, 5.74) is 6.27. The first kappa shape index (κ1) is 20.7. The minimum absolute atomic E-state index is 0.321. The molecule has 0 bridgehead atoms. The molecule has 0 aliphatic carbocycles. The van der Waals surface area contributed by atoms with E-state index in [-0.39, 0.29) is 0 Å². The number of halogens is 1. The summed E-state index contributed by atoms with van der Waals surface area (Å²) in [5, 5.41) is 8.92. The van der Waals surface area contributed by atoms with Gasteiger partial charge >= 0.3 is 0 Å². The maximum absolute atomic E-state index is 11.8. The molecule has 0 saturated heterocycles. The highest BCUT2D eigenvalue weighted by Gasteiger charge is 2.07. The summed E-state index contributed by atoms with van der Waals surface area (Å²) in [6.45, 7) is -0.415. The zero-order valence-corrected chi connectivity index (χ0v) is 15.5. The van der Waals surface area contributed by atoms with Crippen LogP contribution in [0.2, 0.25) is 5.02 Å². The van der Waals surface area contributed by atoms with Gasteiger partial charge < -0.3 is 25.9 Å². The molecule has 0 aliphatic heterocycles. The van der Waals surface area contributed by atoms with Gasteiger partial charge in [-0.25, -0.2) is 0 Å². The van der Waals surface area contributed by atoms with Gasteiger partial charge in [-0.15, -0.1) is 0 Å². The number of primary amides is 1. The summed E-state index contributed by atoms with van der Waals surface area (Å²) in [6.07, 6.45) is 0.870. The largest absolute Gasteiger partial charge is 0.495 e. The number of benzene rings is 2. The summed E-state index contributed by atoms with van der Waals surface area (Å²) in [5.74, 6) is -1.23. The normalized spacial score (nSPS) is 10.4. The third-order valence-corrected chi connectivity index (χ3v) is 3.55. The van der Waals surface area contributed by atoms with Gasteiger partial charge in [0.1, 0.15) is 12.0 Å². The van der Waals surface area contributed by atoms with Crippen molar-refractivity contribution in [3.8, 4) is 5.75 Å². The van der Waals surface area contributed by atoms with Crippen LogP contribution in [0.15, 0.2) is 47.6 Å². The molecule has 0 saturated carbocycles. The lowest BCUT2D eigenvalue weighted by Gasteiger charge is -2.08. The third-order valence-electron chi connectivity index (χ3n) is 3.31. The van der Waals surface area contributed by atoms with Crippen molar-refractivity contribution in [2.45, 2.75) is 0 Å². The predicted molar refractivity (Wildman–Crippen MR) is 105 cm³/mol. The lowest BCUT2D eigenvalue weighted by Crippen LogP contribution is -2.18. The van der Waals surface area contributed by atoms with E-state index in [0.29, 0.717) is 27.7 Å². The highest BCUT2D eigenvalue weighted by molar-refractivity contribution is 6.33. The predicted octanol–water partition coefficient (Wildman–Crippen LogP) is 2.03. The molecule has 0 aliphatic rings. The van der Waals surface area contributed by atoms with E-state index in [0.717, 1.165) is 6.21 Å². The Morgan fingerprint density at radius 3 is 2.50 bits per heavy atom. The van der Waals surface area contributed by atoms with E-state index in [4.69, 9.17) is 26.9 Å². The Morgan fingerprint density at radius 2 is 1.86 bits per heavy atom. The number of hydrogen-bond acceptors (Lipinski definition) is 6. The van der Waals surface area contributed by atoms with E-state index >= 15 is 0 Å². The molecule has 4 N–H and O–H groups in total. The van der Waals surface area contributed by atoms with Crippen LogP contribution in [0.4, 0.5) is 11.4 Å². The number of carbonyl (C=O) groups is 3. The Bertz CT molecular complexity index is 899. The molecule has 2 aromatic carbocycles. The number of hydrogen-bond donors (Lipinski definition) is 3. The van der Waals surface area contributed by atoms with Gasteiger partial charge in [0, 0.05) is 16.3 Å². The Labute approximate surface area is 165 Å². The summed E-state index contributed by atoms with van der Waals surface area (Å²) in [4.78, 5) is 39.4. The zero-order chi connectivity index (χ0) is 20.5. The molecule has 10 heteroatoms. The van der Waals surface area contributed by atoms with E-state index in [1.54, 1.807) is 12.1 Å². The Kier molecular flexibility index (Phi) is 7.35.